The molecule has 10 heteroatoms. The van der Waals surface area contributed by atoms with Crippen LogP contribution in [-0.4, -0.2) is 32.3 Å². The maximum atomic E-state index is 14.2. The van der Waals surface area contributed by atoms with Gasteiger partial charge >= 0.3 is 5.97 Å². The molecule has 0 aliphatic heterocycles. The number of aromatic nitrogens is 1. The number of rotatable bonds is 4. The number of benzene rings is 1. The summed E-state index contributed by atoms with van der Waals surface area (Å²) in [7, 11) is -2.46. The lowest BCUT2D eigenvalue weighted by molar-refractivity contribution is 0.0593. The first-order valence-corrected chi connectivity index (χ1v) is 8.34. The molecule has 0 fully saturated rings. The van der Waals surface area contributed by atoms with E-state index in [1.165, 1.54) is 18.3 Å². The average Bonchev–Trinajstić information content (AvgIpc) is 2.83. The molecule has 0 amide bonds. The molecule has 0 bridgehead atoms. The van der Waals surface area contributed by atoms with Gasteiger partial charge in [0.05, 0.1) is 36.0 Å². The molecule has 126 valence electrons. The fourth-order valence-electron chi connectivity index (χ4n) is 2.08. The second-order valence-corrected chi connectivity index (χ2v) is 6.57. The predicted octanol–water partition coefficient (Wildman–Crippen LogP) is 1.23. The van der Waals surface area contributed by atoms with E-state index in [-0.39, 0.29) is 28.3 Å². The molecule has 3 N–H and O–H groups in total. The number of hydrogen-bond acceptors (Lipinski definition) is 6. The lowest BCUT2D eigenvalue weighted by atomic mass is 10.2. The Balaban J connectivity index is 2.70. The highest BCUT2D eigenvalue weighted by molar-refractivity contribution is 7.92. The van der Waals surface area contributed by atoms with Gasteiger partial charge in [-0.2, -0.15) is 5.26 Å². The van der Waals surface area contributed by atoms with E-state index < -0.39 is 21.8 Å². The Labute approximate surface area is 137 Å². The minimum Gasteiger partial charge on any atom is -0.464 e. The highest BCUT2D eigenvalue weighted by atomic mass is 32.2. The van der Waals surface area contributed by atoms with E-state index in [2.05, 4.69) is 9.46 Å². The van der Waals surface area contributed by atoms with Crippen molar-refractivity contribution in [3.8, 4) is 11.8 Å². The van der Waals surface area contributed by atoms with Gasteiger partial charge in [-0.05, 0) is 18.2 Å². The SMILES string of the molecule is COC(=O)c1c(N)c(C#N)cn1-c1cc(NS(C)(=O)=O)ccc1F. The zero-order valence-corrected chi connectivity index (χ0v) is 13.5. The number of carbonyl (C=O) groups is 1. The van der Waals surface area contributed by atoms with E-state index in [1.54, 1.807) is 6.07 Å². The van der Waals surface area contributed by atoms with Crippen molar-refractivity contribution in [1.82, 2.24) is 4.57 Å². The van der Waals surface area contributed by atoms with E-state index in [1.807, 2.05) is 0 Å². The number of sulfonamides is 1. The number of hydrogen-bond donors (Lipinski definition) is 2. The molecule has 1 heterocycles. The van der Waals surface area contributed by atoms with Crippen LogP contribution in [0.25, 0.3) is 5.69 Å². The van der Waals surface area contributed by atoms with Crippen molar-refractivity contribution in [1.29, 1.82) is 5.26 Å². The summed E-state index contributed by atoms with van der Waals surface area (Å²) in [5, 5.41) is 9.05. The van der Waals surface area contributed by atoms with Gasteiger partial charge in [0.25, 0.3) is 0 Å². The first-order chi connectivity index (χ1) is 11.2. The molecule has 2 aromatic rings. The number of nitrogen functional groups attached to an aromatic ring is 1. The van der Waals surface area contributed by atoms with Crippen molar-refractivity contribution < 1.29 is 22.3 Å². The van der Waals surface area contributed by atoms with Gasteiger partial charge in [-0.1, -0.05) is 0 Å². The number of nitrogens with zero attached hydrogens (tertiary/aromatic N) is 2. The van der Waals surface area contributed by atoms with Crippen molar-refractivity contribution in [2.75, 3.05) is 23.8 Å². The average molecular weight is 352 g/mol. The predicted molar refractivity (Wildman–Crippen MR) is 84.7 cm³/mol. The molecule has 0 saturated heterocycles. The van der Waals surface area contributed by atoms with Crippen LogP contribution in [0.5, 0.6) is 0 Å². The van der Waals surface area contributed by atoms with Gasteiger partial charge in [-0.3, -0.25) is 4.72 Å². The topological polar surface area (TPSA) is 127 Å². The van der Waals surface area contributed by atoms with Crippen LogP contribution in [0.15, 0.2) is 24.4 Å². The molecule has 0 saturated carbocycles. The van der Waals surface area contributed by atoms with Crippen LogP contribution in [0.2, 0.25) is 0 Å². The number of anilines is 2. The molecule has 0 atom stereocenters. The Morgan fingerprint density at radius 1 is 1.46 bits per heavy atom. The van der Waals surface area contributed by atoms with Gasteiger partial charge in [0.1, 0.15) is 11.9 Å². The highest BCUT2D eigenvalue weighted by Gasteiger charge is 2.23. The summed E-state index contributed by atoms with van der Waals surface area (Å²) in [4.78, 5) is 11.9. The van der Waals surface area contributed by atoms with Gasteiger partial charge in [0.2, 0.25) is 10.0 Å². The number of ether oxygens (including phenoxy) is 1. The zero-order chi connectivity index (χ0) is 18.1. The monoisotopic (exact) mass is 352 g/mol. The lowest BCUT2D eigenvalue weighted by Crippen LogP contribution is -2.13. The second kappa shape index (κ2) is 6.21. The number of nitrogens with two attached hydrogens (primary N) is 1. The van der Waals surface area contributed by atoms with Gasteiger partial charge < -0.3 is 15.0 Å². The molecule has 0 unspecified atom stereocenters. The number of esters is 1. The first-order valence-electron chi connectivity index (χ1n) is 6.45. The number of halogens is 1. The van der Waals surface area contributed by atoms with Crippen LogP contribution >= 0.6 is 0 Å². The Morgan fingerprint density at radius 2 is 2.12 bits per heavy atom. The Bertz CT molecular complexity index is 960. The Kier molecular flexibility index (Phi) is 4.48. The third-order valence-electron chi connectivity index (χ3n) is 3.05. The number of methoxy groups -OCH3 is 1. The molecule has 1 aromatic heterocycles. The second-order valence-electron chi connectivity index (χ2n) is 4.82. The van der Waals surface area contributed by atoms with E-state index in [0.717, 1.165) is 24.0 Å². The normalized spacial score (nSPS) is 10.9. The molecular formula is C14H13FN4O4S. The smallest absolute Gasteiger partial charge is 0.357 e. The van der Waals surface area contributed by atoms with Gasteiger partial charge in [0, 0.05) is 6.20 Å². The van der Waals surface area contributed by atoms with Crippen LogP contribution < -0.4 is 10.5 Å². The lowest BCUT2D eigenvalue weighted by Gasteiger charge is -2.12. The van der Waals surface area contributed by atoms with Crippen molar-refractivity contribution in [2.24, 2.45) is 0 Å². The molecule has 0 radical (unpaired) electrons. The zero-order valence-electron chi connectivity index (χ0n) is 12.7. The maximum absolute atomic E-state index is 14.2. The third kappa shape index (κ3) is 3.31. The molecule has 0 spiro atoms. The number of nitriles is 1. The standard InChI is InChI=1S/C14H13FN4O4S/c1-23-14(20)13-12(17)8(6-16)7-19(13)11-5-9(3-4-10(11)15)18-24(2,21)22/h3-5,7,18H,17H2,1-2H3. The summed E-state index contributed by atoms with van der Waals surface area (Å²) in [6.07, 6.45) is 2.11. The number of nitrogens with one attached hydrogen (secondary N) is 1. The maximum Gasteiger partial charge on any atom is 0.357 e. The van der Waals surface area contributed by atoms with Crippen molar-refractivity contribution in [3.63, 3.8) is 0 Å². The summed E-state index contributed by atoms with van der Waals surface area (Å²) in [5.41, 5.74) is 5.21. The minimum absolute atomic E-state index is 0.0451. The fourth-order valence-corrected chi connectivity index (χ4v) is 2.63. The van der Waals surface area contributed by atoms with Gasteiger partial charge in [0.15, 0.2) is 5.69 Å². The molecular weight excluding hydrogens is 339 g/mol. The van der Waals surface area contributed by atoms with Crippen molar-refractivity contribution >= 4 is 27.4 Å². The fraction of sp³-hybridized carbons (Fsp3) is 0.143. The molecule has 8 nitrogen and oxygen atoms in total. The molecule has 2 rings (SSSR count). The molecule has 24 heavy (non-hydrogen) atoms. The van der Waals surface area contributed by atoms with E-state index in [4.69, 9.17) is 11.0 Å². The van der Waals surface area contributed by atoms with Crippen molar-refractivity contribution in [2.45, 2.75) is 0 Å². The van der Waals surface area contributed by atoms with E-state index in [9.17, 15) is 17.6 Å². The van der Waals surface area contributed by atoms with Crippen LogP contribution in [0, 0.1) is 17.1 Å². The van der Waals surface area contributed by atoms with Crippen LogP contribution in [-0.2, 0) is 14.8 Å². The molecule has 0 aliphatic carbocycles. The Morgan fingerprint density at radius 3 is 2.67 bits per heavy atom. The summed E-state index contributed by atoms with van der Waals surface area (Å²) in [6, 6.07) is 5.20. The summed E-state index contributed by atoms with van der Waals surface area (Å²) >= 11 is 0. The van der Waals surface area contributed by atoms with Crippen LogP contribution in [0.4, 0.5) is 15.8 Å². The molecule has 0 aliphatic rings. The summed E-state index contributed by atoms with van der Waals surface area (Å²) in [6.45, 7) is 0. The third-order valence-corrected chi connectivity index (χ3v) is 3.66. The number of carbonyl (C=O) groups excluding carboxylic acids is 1. The Hall–Kier alpha value is -3.06. The largest absolute Gasteiger partial charge is 0.464 e. The highest BCUT2D eigenvalue weighted by Crippen LogP contribution is 2.28. The van der Waals surface area contributed by atoms with Crippen LogP contribution in [0.1, 0.15) is 16.1 Å². The first kappa shape index (κ1) is 17.3. The van der Waals surface area contributed by atoms with E-state index in [0.29, 0.717) is 0 Å². The summed E-state index contributed by atoms with van der Waals surface area (Å²) < 4.78 is 44.7. The van der Waals surface area contributed by atoms with Crippen LogP contribution in [0.3, 0.4) is 0 Å². The van der Waals surface area contributed by atoms with E-state index >= 15 is 0 Å². The van der Waals surface area contributed by atoms with Gasteiger partial charge in [-0.15, -0.1) is 0 Å². The van der Waals surface area contributed by atoms with Crippen molar-refractivity contribution in [3.05, 3.63) is 41.5 Å². The van der Waals surface area contributed by atoms with Gasteiger partial charge in [-0.25, -0.2) is 17.6 Å². The summed E-state index contributed by atoms with van der Waals surface area (Å²) in [5.74, 6) is -1.62. The quantitative estimate of drug-likeness (QED) is 0.797. The minimum atomic E-state index is -3.58. The molecule has 1 aromatic carbocycles.